The third-order valence-electron chi connectivity index (χ3n) is 6.22. The molecule has 3 nitrogen and oxygen atoms in total. The molecular formula is C26H20F4N2O. The molecule has 33 heavy (non-hydrogen) atoms. The number of rotatable bonds is 2. The summed E-state index contributed by atoms with van der Waals surface area (Å²) in [6.45, 7) is 0. The van der Waals surface area contributed by atoms with Crippen LogP contribution in [0.1, 0.15) is 41.5 Å². The number of anilines is 2. The molecule has 2 aliphatic rings. The molecule has 7 heteroatoms. The SMILES string of the molecule is O=C1C[C@@H](c2ccc(F)cc2)CC2=C1[C@@H](c1ccc(C(F)(F)F)cc1)Nc1ccccc1N2. The highest BCUT2D eigenvalue weighted by molar-refractivity contribution is 6.01. The highest BCUT2D eigenvalue weighted by Gasteiger charge is 2.36. The number of ketones is 1. The predicted molar refractivity (Wildman–Crippen MR) is 118 cm³/mol. The van der Waals surface area contributed by atoms with Crippen LogP contribution in [0.2, 0.25) is 0 Å². The van der Waals surface area contributed by atoms with E-state index in [1.54, 1.807) is 12.1 Å². The summed E-state index contributed by atoms with van der Waals surface area (Å²) < 4.78 is 52.6. The van der Waals surface area contributed by atoms with Gasteiger partial charge in [-0.25, -0.2) is 4.39 Å². The number of nitrogens with one attached hydrogen (secondary N) is 2. The largest absolute Gasteiger partial charge is 0.416 e. The lowest BCUT2D eigenvalue weighted by atomic mass is 9.78. The molecule has 0 unspecified atom stereocenters. The summed E-state index contributed by atoms with van der Waals surface area (Å²) in [5.74, 6) is -0.556. The van der Waals surface area contributed by atoms with E-state index in [4.69, 9.17) is 0 Å². The van der Waals surface area contributed by atoms with Crippen molar-refractivity contribution >= 4 is 17.2 Å². The maximum Gasteiger partial charge on any atom is 0.416 e. The van der Waals surface area contributed by atoms with E-state index in [0.717, 1.165) is 34.8 Å². The topological polar surface area (TPSA) is 41.1 Å². The lowest BCUT2D eigenvalue weighted by Crippen LogP contribution is -2.27. The Balaban J connectivity index is 1.57. The summed E-state index contributed by atoms with van der Waals surface area (Å²) >= 11 is 0. The molecule has 3 aromatic carbocycles. The van der Waals surface area contributed by atoms with Gasteiger partial charge in [-0.05, 0) is 59.9 Å². The summed E-state index contributed by atoms with van der Waals surface area (Å²) in [4.78, 5) is 13.4. The van der Waals surface area contributed by atoms with E-state index < -0.39 is 17.8 Å². The third kappa shape index (κ3) is 4.11. The van der Waals surface area contributed by atoms with Crippen LogP contribution in [0.15, 0.2) is 84.1 Å². The molecule has 5 rings (SSSR count). The van der Waals surface area contributed by atoms with Gasteiger partial charge in [0.25, 0.3) is 0 Å². The van der Waals surface area contributed by atoms with Crippen LogP contribution in [-0.2, 0) is 11.0 Å². The average Bonchev–Trinajstić information content (AvgIpc) is 2.96. The van der Waals surface area contributed by atoms with Gasteiger partial charge in [-0.2, -0.15) is 13.2 Å². The van der Waals surface area contributed by atoms with Gasteiger partial charge in [0.2, 0.25) is 0 Å². The number of alkyl halides is 3. The van der Waals surface area contributed by atoms with Crippen LogP contribution < -0.4 is 10.6 Å². The number of allylic oxidation sites excluding steroid dienone is 1. The van der Waals surface area contributed by atoms with Crippen LogP contribution in [0, 0.1) is 5.82 Å². The number of carbonyl (C=O) groups is 1. The summed E-state index contributed by atoms with van der Waals surface area (Å²) in [6.07, 6.45) is -3.67. The van der Waals surface area contributed by atoms with Gasteiger partial charge in [0.15, 0.2) is 5.78 Å². The predicted octanol–water partition coefficient (Wildman–Crippen LogP) is 6.82. The molecule has 0 saturated carbocycles. The molecule has 0 spiro atoms. The van der Waals surface area contributed by atoms with Gasteiger partial charge in [0, 0.05) is 17.7 Å². The normalized spacial score (nSPS) is 20.3. The second kappa shape index (κ2) is 8.06. The number of benzene rings is 3. The molecule has 1 heterocycles. The first-order valence-corrected chi connectivity index (χ1v) is 10.6. The number of hydrogen-bond donors (Lipinski definition) is 2. The lowest BCUT2D eigenvalue weighted by Gasteiger charge is -2.30. The number of halogens is 4. The van der Waals surface area contributed by atoms with Crippen molar-refractivity contribution in [1.82, 2.24) is 0 Å². The van der Waals surface area contributed by atoms with Crippen LogP contribution in [0.4, 0.5) is 28.9 Å². The van der Waals surface area contributed by atoms with Gasteiger partial charge in [0.05, 0.1) is 23.0 Å². The van der Waals surface area contributed by atoms with Gasteiger partial charge in [-0.3, -0.25) is 4.79 Å². The Morgan fingerprint density at radius 2 is 1.42 bits per heavy atom. The molecule has 0 amide bonds. The van der Waals surface area contributed by atoms with Gasteiger partial charge < -0.3 is 10.6 Å². The van der Waals surface area contributed by atoms with Crippen molar-refractivity contribution in [3.05, 3.63) is 107 Å². The first kappa shape index (κ1) is 21.2. The zero-order chi connectivity index (χ0) is 23.2. The number of fused-ring (bicyclic) bond motifs is 1. The first-order chi connectivity index (χ1) is 15.8. The Labute approximate surface area is 188 Å². The van der Waals surface area contributed by atoms with Crippen molar-refractivity contribution in [1.29, 1.82) is 0 Å². The second-order valence-corrected chi connectivity index (χ2v) is 8.34. The highest BCUT2D eigenvalue weighted by Crippen LogP contribution is 2.44. The smallest absolute Gasteiger partial charge is 0.372 e. The fourth-order valence-corrected chi connectivity index (χ4v) is 4.58. The molecule has 1 aliphatic carbocycles. The number of para-hydroxylation sites is 2. The molecule has 2 atom stereocenters. The number of Topliss-reactive ketones (excluding diaryl/α,β-unsaturated/α-hetero) is 1. The van der Waals surface area contributed by atoms with E-state index in [1.807, 2.05) is 24.3 Å². The van der Waals surface area contributed by atoms with E-state index in [1.165, 1.54) is 24.3 Å². The number of carbonyl (C=O) groups excluding carboxylic acids is 1. The first-order valence-electron chi connectivity index (χ1n) is 10.6. The zero-order valence-electron chi connectivity index (χ0n) is 17.4. The molecular weight excluding hydrogens is 432 g/mol. The van der Waals surface area contributed by atoms with Crippen molar-refractivity contribution in [3.8, 4) is 0 Å². The summed E-state index contributed by atoms with van der Waals surface area (Å²) in [6, 6.07) is 17.9. The minimum absolute atomic E-state index is 0.0942. The Hall–Kier alpha value is -3.61. The van der Waals surface area contributed by atoms with Crippen molar-refractivity contribution in [2.24, 2.45) is 0 Å². The molecule has 0 bridgehead atoms. The molecule has 2 N–H and O–H groups in total. The van der Waals surface area contributed by atoms with Gasteiger partial charge >= 0.3 is 6.18 Å². The van der Waals surface area contributed by atoms with E-state index in [2.05, 4.69) is 10.6 Å². The molecule has 0 saturated heterocycles. The van der Waals surface area contributed by atoms with Crippen molar-refractivity contribution in [2.45, 2.75) is 31.0 Å². The van der Waals surface area contributed by atoms with Crippen LogP contribution in [0.3, 0.4) is 0 Å². The van der Waals surface area contributed by atoms with Gasteiger partial charge in [-0.15, -0.1) is 0 Å². The van der Waals surface area contributed by atoms with Crippen LogP contribution in [0.25, 0.3) is 0 Å². The molecule has 0 aromatic heterocycles. The lowest BCUT2D eigenvalue weighted by molar-refractivity contribution is -0.137. The zero-order valence-corrected chi connectivity index (χ0v) is 17.4. The molecule has 168 valence electrons. The summed E-state index contributed by atoms with van der Waals surface area (Å²) in [5.41, 5.74) is 3.48. The van der Waals surface area contributed by atoms with Gasteiger partial charge in [-0.1, -0.05) is 36.4 Å². The van der Waals surface area contributed by atoms with E-state index >= 15 is 0 Å². The highest BCUT2D eigenvalue weighted by atomic mass is 19.4. The van der Waals surface area contributed by atoms with E-state index in [0.29, 0.717) is 17.6 Å². The third-order valence-corrected chi connectivity index (χ3v) is 6.22. The van der Waals surface area contributed by atoms with Crippen molar-refractivity contribution in [2.75, 3.05) is 10.6 Å². The quantitative estimate of drug-likeness (QED) is 0.419. The average molecular weight is 452 g/mol. The monoisotopic (exact) mass is 452 g/mol. The van der Waals surface area contributed by atoms with Crippen LogP contribution in [-0.4, -0.2) is 5.78 Å². The fraction of sp³-hybridized carbons (Fsp3) is 0.192. The minimum atomic E-state index is -4.43. The van der Waals surface area contributed by atoms with E-state index in [-0.39, 0.29) is 23.9 Å². The summed E-state index contributed by atoms with van der Waals surface area (Å²) in [7, 11) is 0. The fourth-order valence-electron chi connectivity index (χ4n) is 4.58. The van der Waals surface area contributed by atoms with Gasteiger partial charge in [0.1, 0.15) is 5.82 Å². The van der Waals surface area contributed by atoms with Crippen molar-refractivity contribution in [3.63, 3.8) is 0 Å². The Bertz CT molecular complexity index is 1230. The Morgan fingerprint density at radius 1 is 0.788 bits per heavy atom. The second-order valence-electron chi connectivity index (χ2n) is 8.34. The van der Waals surface area contributed by atoms with Crippen LogP contribution in [0.5, 0.6) is 0 Å². The summed E-state index contributed by atoms with van der Waals surface area (Å²) in [5, 5.41) is 6.73. The molecule has 1 aliphatic heterocycles. The Morgan fingerprint density at radius 3 is 2.09 bits per heavy atom. The maximum absolute atomic E-state index is 13.4. The number of hydrogen-bond acceptors (Lipinski definition) is 3. The van der Waals surface area contributed by atoms with Crippen LogP contribution >= 0.6 is 0 Å². The minimum Gasteiger partial charge on any atom is -0.372 e. The maximum atomic E-state index is 13.4. The standard InChI is InChI=1S/C26H20F4N2O/c27-19-11-7-15(8-12-19)17-13-22-24(23(33)14-17)25(32-21-4-2-1-3-20(21)31-22)16-5-9-18(10-6-16)26(28,29)30/h1-12,17,25,31-32H,13-14H2/t17-,25+/m0/s1. The molecule has 0 fully saturated rings. The van der Waals surface area contributed by atoms with Crippen molar-refractivity contribution < 1.29 is 22.4 Å². The molecule has 0 radical (unpaired) electrons. The van der Waals surface area contributed by atoms with E-state index in [9.17, 15) is 22.4 Å². The Kier molecular flexibility index (Phi) is 5.19. The molecule has 3 aromatic rings.